The Bertz CT molecular complexity index is 560. The molecule has 0 unspecified atom stereocenters. The third kappa shape index (κ3) is 2.62. The zero-order valence-corrected chi connectivity index (χ0v) is 10.5. The number of thiophene rings is 1. The molecule has 0 saturated heterocycles. The lowest BCUT2D eigenvalue weighted by Gasteiger charge is -2.04. The maximum atomic E-state index is 13.1. The van der Waals surface area contributed by atoms with Crippen molar-refractivity contribution >= 4 is 27.3 Å². The van der Waals surface area contributed by atoms with Crippen LogP contribution >= 0.6 is 11.3 Å². The van der Waals surface area contributed by atoms with Crippen LogP contribution in [0.4, 0.5) is 4.39 Å². The molecule has 0 aliphatic carbocycles. The highest BCUT2D eigenvalue weighted by molar-refractivity contribution is 7.20. The Hall–Kier alpha value is -1.46. The first-order valence-corrected chi connectivity index (χ1v) is 6.15. The van der Waals surface area contributed by atoms with Crippen LogP contribution in [0.3, 0.4) is 0 Å². The largest absolute Gasteiger partial charge is 0.308 e. The van der Waals surface area contributed by atoms with Gasteiger partial charge in [-0.1, -0.05) is 6.07 Å². The predicted molar refractivity (Wildman–Crippen MR) is 70.8 cm³/mol. The van der Waals surface area contributed by atoms with E-state index >= 15 is 0 Å². The Morgan fingerprint density at radius 1 is 1.41 bits per heavy atom. The van der Waals surface area contributed by atoms with E-state index in [1.165, 1.54) is 23.5 Å². The lowest BCUT2D eigenvalue weighted by Crippen LogP contribution is -2.31. The molecule has 5 heteroatoms. The van der Waals surface area contributed by atoms with E-state index in [0.717, 1.165) is 15.0 Å². The molecule has 3 nitrogen and oxygen atoms in total. The van der Waals surface area contributed by atoms with E-state index in [0.29, 0.717) is 5.84 Å². The van der Waals surface area contributed by atoms with Crippen molar-refractivity contribution in [1.82, 2.24) is 5.43 Å². The third-order valence-corrected chi connectivity index (χ3v) is 3.34. The summed E-state index contributed by atoms with van der Waals surface area (Å²) in [5, 5.41) is 0.998. The van der Waals surface area contributed by atoms with E-state index in [4.69, 9.17) is 5.84 Å². The van der Waals surface area contributed by atoms with Crippen molar-refractivity contribution < 1.29 is 4.39 Å². The zero-order valence-electron chi connectivity index (χ0n) is 9.70. The smallest absolute Gasteiger partial charge is 0.153 e. The van der Waals surface area contributed by atoms with E-state index in [1.807, 2.05) is 19.9 Å². The van der Waals surface area contributed by atoms with E-state index in [-0.39, 0.29) is 11.9 Å². The number of nitrogens with zero attached hydrogens (tertiary/aromatic N) is 1. The highest BCUT2D eigenvalue weighted by atomic mass is 32.1. The fourth-order valence-corrected chi connectivity index (χ4v) is 2.60. The van der Waals surface area contributed by atoms with Gasteiger partial charge in [0.1, 0.15) is 5.82 Å². The molecular formula is C12H14FN3S. The number of hydrazine groups is 1. The molecular weight excluding hydrogens is 237 g/mol. The summed E-state index contributed by atoms with van der Waals surface area (Å²) in [5.74, 6) is 5.87. The van der Waals surface area contributed by atoms with E-state index in [1.54, 1.807) is 6.07 Å². The van der Waals surface area contributed by atoms with Crippen LogP contribution in [0, 0.1) is 5.82 Å². The molecule has 90 valence electrons. The fourth-order valence-electron chi connectivity index (χ4n) is 1.55. The first kappa shape index (κ1) is 12.0. The van der Waals surface area contributed by atoms with Gasteiger partial charge in [-0.15, -0.1) is 11.3 Å². The van der Waals surface area contributed by atoms with Gasteiger partial charge in [0.2, 0.25) is 0 Å². The van der Waals surface area contributed by atoms with E-state index < -0.39 is 0 Å². The number of amidine groups is 1. The SMILES string of the molecule is CC(C)N=C(NN)c1cc2ccc(F)cc2s1. The molecule has 0 aliphatic heterocycles. The summed E-state index contributed by atoms with van der Waals surface area (Å²) in [7, 11) is 0. The van der Waals surface area contributed by atoms with Gasteiger partial charge in [-0.2, -0.15) is 0 Å². The Morgan fingerprint density at radius 2 is 2.18 bits per heavy atom. The average molecular weight is 251 g/mol. The van der Waals surface area contributed by atoms with Crippen molar-refractivity contribution in [2.75, 3.05) is 0 Å². The van der Waals surface area contributed by atoms with Crippen LogP contribution in [0.25, 0.3) is 10.1 Å². The summed E-state index contributed by atoms with van der Waals surface area (Å²) in [6.07, 6.45) is 0. The van der Waals surface area contributed by atoms with Crippen LogP contribution in [0.1, 0.15) is 18.7 Å². The highest BCUT2D eigenvalue weighted by Crippen LogP contribution is 2.26. The molecule has 0 atom stereocenters. The quantitative estimate of drug-likeness (QED) is 0.373. The Labute approximate surface area is 103 Å². The van der Waals surface area contributed by atoms with Gasteiger partial charge in [-0.25, -0.2) is 10.2 Å². The van der Waals surface area contributed by atoms with Crippen LogP contribution in [0.5, 0.6) is 0 Å². The summed E-state index contributed by atoms with van der Waals surface area (Å²) in [4.78, 5) is 5.30. The molecule has 0 saturated carbocycles. The van der Waals surface area contributed by atoms with Gasteiger partial charge in [0.05, 0.1) is 4.88 Å². The Balaban J connectivity index is 2.48. The molecule has 3 N–H and O–H groups in total. The minimum atomic E-state index is -0.228. The normalized spacial score (nSPS) is 12.4. The molecule has 17 heavy (non-hydrogen) atoms. The molecule has 0 amide bonds. The molecule has 2 rings (SSSR count). The van der Waals surface area contributed by atoms with Crippen molar-refractivity contribution in [1.29, 1.82) is 0 Å². The summed E-state index contributed by atoms with van der Waals surface area (Å²) >= 11 is 1.47. The monoisotopic (exact) mass is 251 g/mol. The van der Waals surface area contributed by atoms with Gasteiger partial charge in [-0.3, -0.25) is 4.99 Å². The van der Waals surface area contributed by atoms with Crippen LogP contribution in [0.2, 0.25) is 0 Å². The lowest BCUT2D eigenvalue weighted by atomic mass is 10.2. The van der Waals surface area contributed by atoms with Gasteiger partial charge in [0.25, 0.3) is 0 Å². The number of aliphatic imine (C=N–C) groups is 1. The predicted octanol–water partition coefficient (Wildman–Crippen LogP) is 2.66. The fraction of sp³-hybridized carbons (Fsp3) is 0.250. The minimum absolute atomic E-state index is 0.156. The molecule has 1 heterocycles. The summed E-state index contributed by atoms with van der Waals surface area (Å²) < 4.78 is 14.0. The molecule has 0 spiro atoms. The molecule has 2 aromatic rings. The van der Waals surface area contributed by atoms with E-state index in [9.17, 15) is 4.39 Å². The third-order valence-electron chi connectivity index (χ3n) is 2.24. The van der Waals surface area contributed by atoms with Gasteiger partial charge in [0.15, 0.2) is 5.84 Å². The van der Waals surface area contributed by atoms with Gasteiger partial charge < -0.3 is 5.43 Å². The number of benzene rings is 1. The maximum absolute atomic E-state index is 13.1. The number of nitrogens with two attached hydrogens (primary N) is 1. The van der Waals surface area contributed by atoms with Gasteiger partial charge in [0, 0.05) is 10.7 Å². The summed E-state index contributed by atoms with van der Waals surface area (Å²) in [5.41, 5.74) is 2.59. The van der Waals surface area contributed by atoms with Crippen LogP contribution < -0.4 is 11.3 Å². The lowest BCUT2D eigenvalue weighted by molar-refractivity contribution is 0.630. The number of hydrogen-bond acceptors (Lipinski definition) is 3. The standard InChI is InChI=1S/C12H14FN3S/c1-7(2)15-12(16-14)11-5-8-3-4-9(13)6-10(8)17-11/h3-7H,14H2,1-2H3,(H,15,16). The highest BCUT2D eigenvalue weighted by Gasteiger charge is 2.08. The average Bonchev–Trinajstić information content (AvgIpc) is 2.68. The van der Waals surface area contributed by atoms with Crippen molar-refractivity contribution in [3.05, 3.63) is 35.0 Å². The first-order chi connectivity index (χ1) is 8.10. The van der Waals surface area contributed by atoms with Crippen molar-refractivity contribution in [2.24, 2.45) is 10.8 Å². The second-order valence-corrected chi connectivity index (χ2v) is 5.09. The first-order valence-electron chi connectivity index (χ1n) is 5.34. The maximum Gasteiger partial charge on any atom is 0.153 e. The van der Waals surface area contributed by atoms with Crippen LogP contribution in [-0.4, -0.2) is 11.9 Å². The topological polar surface area (TPSA) is 50.4 Å². The Morgan fingerprint density at radius 3 is 2.82 bits per heavy atom. The van der Waals surface area contributed by atoms with Crippen molar-refractivity contribution in [3.63, 3.8) is 0 Å². The zero-order chi connectivity index (χ0) is 12.4. The minimum Gasteiger partial charge on any atom is -0.308 e. The second-order valence-electron chi connectivity index (χ2n) is 4.01. The number of rotatable bonds is 2. The van der Waals surface area contributed by atoms with Crippen LogP contribution in [-0.2, 0) is 0 Å². The molecule has 0 aliphatic rings. The number of hydrogen-bond donors (Lipinski definition) is 2. The van der Waals surface area contributed by atoms with Crippen molar-refractivity contribution in [2.45, 2.75) is 19.9 Å². The van der Waals surface area contributed by atoms with Gasteiger partial charge >= 0.3 is 0 Å². The Kier molecular flexibility index (Phi) is 3.40. The van der Waals surface area contributed by atoms with E-state index in [2.05, 4.69) is 10.4 Å². The van der Waals surface area contributed by atoms with Crippen LogP contribution in [0.15, 0.2) is 29.3 Å². The summed E-state index contributed by atoms with van der Waals surface area (Å²) in [6, 6.07) is 6.85. The molecule has 0 bridgehead atoms. The number of nitrogens with one attached hydrogen (secondary N) is 1. The molecule has 0 fully saturated rings. The molecule has 1 aromatic heterocycles. The summed E-state index contributed by atoms with van der Waals surface area (Å²) in [6.45, 7) is 3.95. The van der Waals surface area contributed by atoms with Crippen molar-refractivity contribution in [3.8, 4) is 0 Å². The van der Waals surface area contributed by atoms with Gasteiger partial charge in [-0.05, 0) is 37.4 Å². The number of fused-ring (bicyclic) bond motifs is 1. The second kappa shape index (κ2) is 4.81. The molecule has 1 aromatic carbocycles. The number of halogens is 1. The molecule has 0 radical (unpaired) electrons.